The van der Waals surface area contributed by atoms with Crippen LogP contribution in [-0.4, -0.2) is 50.8 Å². The highest BCUT2D eigenvalue weighted by atomic mass is 16.2. The molecule has 32 heavy (non-hydrogen) atoms. The Bertz CT molecular complexity index is 1020. The van der Waals surface area contributed by atoms with Crippen molar-refractivity contribution in [2.75, 3.05) is 0 Å². The Hall–Kier alpha value is -2.69. The molecule has 0 radical (unpaired) electrons. The van der Waals surface area contributed by atoms with E-state index in [1.54, 1.807) is 6.92 Å². The molecule has 0 spiro atoms. The van der Waals surface area contributed by atoms with E-state index in [0.29, 0.717) is 5.69 Å². The van der Waals surface area contributed by atoms with Gasteiger partial charge in [0.2, 0.25) is 5.91 Å². The maximum atomic E-state index is 13.9. The van der Waals surface area contributed by atoms with Gasteiger partial charge in [-0.15, -0.1) is 0 Å². The fraction of sp³-hybridized carbons (Fsp3) is 0.519. The number of piperidine rings is 1. The summed E-state index contributed by atoms with van der Waals surface area (Å²) in [7, 11) is 0. The minimum Gasteiger partial charge on any atom is -0.334 e. The second-order valence-electron chi connectivity index (χ2n) is 10.2. The first kappa shape index (κ1) is 21.2. The molecule has 3 heterocycles. The third-order valence-electron chi connectivity index (χ3n) is 8.20. The number of benzene rings is 1. The number of pyridine rings is 1. The molecule has 168 valence electrons. The summed E-state index contributed by atoms with van der Waals surface area (Å²) in [5.41, 5.74) is 2.52. The molecule has 1 aliphatic carbocycles. The Morgan fingerprint density at radius 2 is 1.69 bits per heavy atom. The second kappa shape index (κ2) is 8.02. The Morgan fingerprint density at radius 3 is 2.34 bits per heavy atom. The van der Waals surface area contributed by atoms with Crippen LogP contribution in [0.25, 0.3) is 0 Å². The van der Waals surface area contributed by atoms with Crippen molar-refractivity contribution in [2.24, 2.45) is 5.41 Å². The molecule has 3 aliphatic rings. The molecule has 2 bridgehead atoms. The van der Waals surface area contributed by atoms with Crippen LogP contribution in [0.3, 0.4) is 0 Å². The number of likely N-dealkylation sites (tertiary alicyclic amines) is 2. The monoisotopic (exact) mass is 431 g/mol. The molecule has 0 N–H and O–H groups in total. The molecular weight excluding hydrogens is 398 g/mol. The van der Waals surface area contributed by atoms with Crippen LogP contribution in [0.2, 0.25) is 0 Å². The van der Waals surface area contributed by atoms with Gasteiger partial charge in [-0.05, 0) is 50.3 Å². The van der Waals surface area contributed by atoms with E-state index in [4.69, 9.17) is 0 Å². The SMILES string of the molecule is CC(=O)N1[C@H](Cc2ccccc2)[C@@H]2C[C@@]3(C)[C@H](CCCC[C@@H]13)N2C(=O)c1cccc(C)n1. The fourth-order valence-electron chi connectivity index (χ4n) is 6.89. The highest BCUT2D eigenvalue weighted by Crippen LogP contribution is 2.55. The van der Waals surface area contributed by atoms with Crippen LogP contribution < -0.4 is 0 Å². The molecule has 0 unspecified atom stereocenters. The first-order chi connectivity index (χ1) is 15.4. The zero-order valence-corrected chi connectivity index (χ0v) is 19.3. The van der Waals surface area contributed by atoms with Gasteiger partial charge in [-0.3, -0.25) is 9.59 Å². The van der Waals surface area contributed by atoms with E-state index in [0.717, 1.165) is 44.2 Å². The Kier molecular flexibility index (Phi) is 5.31. The minimum absolute atomic E-state index is 0.00941. The first-order valence-corrected chi connectivity index (χ1v) is 12.0. The summed E-state index contributed by atoms with van der Waals surface area (Å²) < 4.78 is 0. The summed E-state index contributed by atoms with van der Waals surface area (Å²) in [5, 5.41) is 0. The van der Waals surface area contributed by atoms with Crippen LogP contribution >= 0.6 is 0 Å². The topological polar surface area (TPSA) is 53.5 Å². The Labute approximate surface area is 190 Å². The molecule has 2 amide bonds. The fourth-order valence-corrected chi connectivity index (χ4v) is 6.89. The largest absolute Gasteiger partial charge is 0.334 e. The quantitative estimate of drug-likeness (QED) is 0.724. The van der Waals surface area contributed by atoms with Gasteiger partial charge in [0.05, 0.1) is 12.1 Å². The van der Waals surface area contributed by atoms with Crippen molar-refractivity contribution < 1.29 is 9.59 Å². The average Bonchev–Trinajstić information content (AvgIpc) is 2.92. The Morgan fingerprint density at radius 1 is 1.00 bits per heavy atom. The second-order valence-corrected chi connectivity index (χ2v) is 10.2. The smallest absolute Gasteiger partial charge is 0.273 e. The molecule has 2 aliphatic heterocycles. The van der Waals surface area contributed by atoms with Gasteiger partial charge in [-0.25, -0.2) is 4.98 Å². The number of hydrogen-bond donors (Lipinski definition) is 0. The summed E-state index contributed by atoms with van der Waals surface area (Å²) in [6, 6.07) is 16.4. The number of aryl methyl sites for hydroxylation is 1. The third kappa shape index (κ3) is 3.33. The van der Waals surface area contributed by atoms with Crippen LogP contribution in [0.4, 0.5) is 0 Å². The number of carbonyl (C=O) groups excluding carboxylic acids is 2. The van der Waals surface area contributed by atoms with E-state index in [-0.39, 0.29) is 41.4 Å². The van der Waals surface area contributed by atoms with Crippen LogP contribution in [-0.2, 0) is 11.2 Å². The number of aromatic nitrogens is 1. The minimum atomic E-state index is -0.0699. The molecule has 1 saturated carbocycles. The lowest BCUT2D eigenvalue weighted by molar-refractivity contribution is -0.141. The predicted molar refractivity (Wildman–Crippen MR) is 124 cm³/mol. The summed E-state index contributed by atoms with van der Waals surface area (Å²) in [5.74, 6) is 0.159. The maximum Gasteiger partial charge on any atom is 0.273 e. The van der Waals surface area contributed by atoms with E-state index >= 15 is 0 Å². The van der Waals surface area contributed by atoms with Crippen LogP contribution in [0.15, 0.2) is 48.5 Å². The van der Waals surface area contributed by atoms with Gasteiger partial charge in [0, 0.05) is 30.1 Å². The van der Waals surface area contributed by atoms with Crippen LogP contribution in [0.1, 0.15) is 67.7 Å². The van der Waals surface area contributed by atoms with E-state index in [1.165, 1.54) is 5.56 Å². The van der Waals surface area contributed by atoms with E-state index < -0.39 is 0 Å². The summed E-state index contributed by atoms with van der Waals surface area (Å²) in [6.07, 6.45) is 5.97. The molecule has 1 aromatic carbocycles. The van der Waals surface area contributed by atoms with Crippen molar-refractivity contribution in [1.82, 2.24) is 14.8 Å². The summed E-state index contributed by atoms with van der Waals surface area (Å²) >= 11 is 0. The van der Waals surface area contributed by atoms with Crippen LogP contribution in [0, 0.1) is 12.3 Å². The van der Waals surface area contributed by atoms with E-state index in [1.807, 2.05) is 31.2 Å². The number of nitrogens with zero attached hydrogens (tertiary/aromatic N) is 3. The number of rotatable bonds is 3. The van der Waals surface area contributed by atoms with Crippen molar-refractivity contribution in [3.63, 3.8) is 0 Å². The van der Waals surface area contributed by atoms with Crippen molar-refractivity contribution in [1.29, 1.82) is 0 Å². The third-order valence-corrected chi connectivity index (χ3v) is 8.20. The average molecular weight is 432 g/mol. The van der Waals surface area contributed by atoms with Crippen molar-refractivity contribution in [2.45, 2.75) is 83.5 Å². The van der Waals surface area contributed by atoms with E-state index in [9.17, 15) is 9.59 Å². The molecule has 2 aromatic rings. The highest BCUT2D eigenvalue weighted by Gasteiger charge is 2.63. The van der Waals surface area contributed by atoms with Crippen molar-refractivity contribution in [3.05, 3.63) is 65.5 Å². The molecule has 5 heteroatoms. The zero-order valence-electron chi connectivity index (χ0n) is 19.3. The number of amides is 2. The normalized spacial score (nSPS) is 31.3. The van der Waals surface area contributed by atoms with Crippen molar-refractivity contribution in [3.8, 4) is 0 Å². The van der Waals surface area contributed by atoms with Gasteiger partial charge in [-0.1, -0.05) is 56.2 Å². The standard InChI is InChI=1S/C27H33N3O2/c1-18-10-9-13-21(28-18)26(32)30-23-17-27(3)24(14-7-8-15-25(27)30)29(19(2)31)22(23)16-20-11-5-4-6-12-20/h4-6,9-13,22-25H,7-8,14-17H2,1-3H3/t22-,23+,24-,25+,27-/m1/s1. The zero-order chi connectivity index (χ0) is 22.5. The van der Waals surface area contributed by atoms with Crippen LogP contribution in [0.5, 0.6) is 0 Å². The number of hydrogen-bond acceptors (Lipinski definition) is 3. The lowest BCUT2D eigenvalue weighted by Crippen LogP contribution is -2.61. The van der Waals surface area contributed by atoms with Gasteiger partial charge >= 0.3 is 0 Å². The predicted octanol–water partition coefficient (Wildman–Crippen LogP) is 4.40. The van der Waals surface area contributed by atoms with Crippen molar-refractivity contribution >= 4 is 11.8 Å². The van der Waals surface area contributed by atoms with Gasteiger partial charge in [-0.2, -0.15) is 0 Å². The van der Waals surface area contributed by atoms with Gasteiger partial charge in [0.1, 0.15) is 5.69 Å². The molecule has 1 aromatic heterocycles. The Balaban J connectivity index is 1.61. The molecule has 3 fully saturated rings. The van der Waals surface area contributed by atoms with Gasteiger partial charge in [0.25, 0.3) is 5.91 Å². The van der Waals surface area contributed by atoms with E-state index in [2.05, 4.69) is 46.0 Å². The lowest BCUT2D eigenvalue weighted by atomic mass is 9.69. The highest BCUT2D eigenvalue weighted by molar-refractivity contribution is 5.93. The lowest BCUT2D eigenvalue weighted by Gasteiger charge is -2.50. The maximum absolute atomic E-state index is 13.9. The van der Waals surface area contributed by atoms with Gasteiger partial charge < -0.3 is 9.80 Å². The molecule has 2 saturated heterocycles. The van der Waals surface area contributed by atoms with Gasteiger partial charge in [0.15, 0.2) is 0 Å². The number of carbonyl (C=O) groups is 2. The molecule has 5 nitrogen and oxygen atoms in total. The molecule has 5 rings (SSSR count). The molecular formula is C27H33N3O2. The molecule has 5 atom stereocenters. The number of fused-ring (bicyclic) bond motifs is 1. The first-order valence-electron chi connectivity index (χ1n) is 12.0. The summed E-state index contributed by atoms with van der Waals surface area (Å²) in [4.78, 5) is 35.9. The summed E-state index contributed by atoms with van der Waals surface area (Å²) in [6.45, 7) is 5.96.